The average Bonchev–Trinajstić information content (AvgIpc) is 2.64. The number of carbonyl (C=O) groups is 2. The fourth-order valence-electron chi connectivity index (χ4n) is 4.31. The van der Waals surface area contributed by atoms with Crippen LogP contribution in [0.3, 0.4) is 0 Å². The Morgan fingerprint density at radius 3 is 2.77 bits per heavy atom. The first kappa shape index (κ1) is 16.8. The molecule has 2 aliphatic rings. The smallest absolute Gasteiger partial charge is 0.326 e. The molecule has 2 heterocycles. The summed E-state index contributed by atoms with van der Waals surface area (Å²) in [5, 5.41) is 10.4. The summed E-state index contributed by atoms with van der Waals surface area (Å²) in [6.07, 6.45) is 6.40. The molecule has 1 spiro atoms. The summed E-state index contributed by atoms with van der Waals surface area (Å²) in [4.78, 5) is 30.8. The van der Waals surface area contributed by atoms with Crippen LogP contribution in [0.2, 0.25) is 0 Å². The van der Waals surface area contributed by atoms with Gasteiger partial charge in [-0.15, -0.1) is 0 Å². The average molecular weight is 354 g/mol. The maximum atomic E-state index is 13.2. The number of rotatable bonds is 3. The fraction of sp³-hybridized carbons (Fsp3) is 0.450. The van der Waals surface area contributed by atoms with Gasteiger partial charge in [0.1, 0.15) is 17.3 Å². The van der Waals surface area contributed by atoms with E-state index in [2.05, 4.69) is 4.98 Å². The summed E-state index contributed by atoms with van der Waals surface area (Å²) in [7, 11) is 1.54. The second kappa shape index (κ2) is 6.27. The maximum Gasteiger partial charge on any atom is 0.326 e. The highest BCUT2D eigenvalue weighted by Gasteiger charge is 2.47. The van der Waals surface area contributed by atoms with E-state index in [4.69, 9.17) is 4.74 Å². The van der Waals surface area contributed by atoms with Gasteiger partial charge in [0, 0.05) is 23.7 Å². The Balaban J connectivity index is 1.72. The van der Waals surface area contributed by atoms with E-state index < -0.39 is 12.0 Å². The van der Waals surface area contributed by atoms with Crippen molar-refractivity contribution in [3.05, 3.63) is 36.0 Å². The van der Waals surface area contributed by atoms with Crippen molar-refractivity contribution in [2.24, 2.45) is 5.41 Å². The number of hydrogen-bond donors (Lipinski definition) is 1. The number of aliphatic carboxylic acids is 1. The van der Waals surface area contributed by atoms with E-state index in [1.54, 1.807) is 36.4 Å². The van der Waals surface area contributed by atoms with Crippen molar-refractivity contribution < 1.29 is 19.4 Å². The van der Waals surface area contributed by atoms with Gasteiger partial charge in [-0.1, -0.05) is 12.5 Å². The fourth-order valence-corrected chi connectivity index (χ4v) is 4.31. The second-order valence-electron chi connectivity index (χ2n) is 7.43. The van der Waals surface area contributed by atoms with Crippen LogP contribution in [0.1, 0.15) is 42.5 Å². The topological polar surface area (TPSA) is 79.7 Å². The first-order valence-corrected chi connectivity index (χ1v) is 9.00. The first-order chi connectivity index (χ1) is 12.5. The molecule has 1 N–H and O–H groups in total. The predicted octanol–water partition coefficient (Wildman–Crippen LogP) is 3.10. The molecule has 1 aliphatic heterocycles. The second-order valence-corrected chi connectivity index (χ2v) is 7.43. The molecule has 1 unspecified atom stereocenters. The van der Waals surface area contributed by atoms with Gasteiger partial charge in [0.2, 0.25) is 0 Å². The van der Waals surface area contributed by atoms with Crippen LogP contribution in [0.5, 0.6) is 5.75 Å². The highest BCUT2D eigenvalue weighted by atomic mass is 16.5. The number of amides is 1. The summed E-state index contributed by atoms with van der Waals surface area (Å²) in [5.41, 5.74) is 1.25. The minimum Gasteiger partial charge on any atom is -0.494 e. The summed E-state index contributed by atoms with van der Waals surface area (Å²) in [5.74, 6) is -0.650. The lowest BCUT2D eigenvalue weighted by Crippen LogP contribution is -2.56. The largest absolute Gasteiger partial charge is 0.494 e. The standard InChI is InChI=1S/C20H22N2O4/c1-26-16-11-14(10-13-4-2-9-21-17(13)16)18(23)22-12-20(6-3-7-20)8-5-15(22)19(24)25/h2,4,9-11,15H,3,5-8,12H2,1H3,(H,24,25). The summed E-state index contributed by atoms with van der Waals surface area (Å²) in [6.45, 7) is 0.524. The number of pyridine rings is 1. The Hall–Kier alpha value is -2.63. The Labute approximate surface area is 151 Å². The third kappa shape index (κ3) is 2.69. The molecule has 1 saturated heterocycles. The number of carbonyl (C=O) groups excluding carboxylic acids is 1. The number of piperidine rings is 1. The van der Waals surface area contributed by atoms with Gasteiger partial charge < -0.3 is 14.7 Å². The van der Waals surface area contributed by atoms with Gasteiger partial charge >= 0.3 is 5.97 Å². The van der Waals surface area contributed by atoms with Gasteiger partial charge in [-0.2, -0.15) is 0 Å². The molecular weight excluding hydrogens is 332 g/mol. The van der Waals surface area contributed by atoms with Crippen LogP contribution in [-0.4, -0.2) is 46.6 Å². The van der Waals surface area contributed by atoms with Gasteiger partial charge in [-0.3, -0.25) is 9.78 Å². The van der Waals surface area contributed by atoms with Gasteiger partial charge in [0.25, 0.3) is 5.91 Å². The Morgan fingerprint density at radius 1 is 1.31 bits per heavy atom. The third-order valence-electron chi connectivity index (χ3n) is 5.93. The van der Waals surface area contributed by atoms with Crippen molar-refractivity contribution >= 4 is 22.8 Å². The molecule has 4 rings (SSSR count). The molecule has 6 heteroatoms. The van der Waals surface area contributed by atoms with Crippen molar-refractivity contribution in [3.8, 4) is 5.75 Å². The van der Waals surface area contributed by atoms with E-state index in [1.807, 2.05) is 6.07 Å². The molecule has 6 nitrogen and oxygen atoms in total. The lowest BCUT2D eigenvalue weighted by molar-refractivity contribution is -0.146. The molecule has 26 heavy (non-hydrogen) atoms. The molecule has 136 valence electrons. The minimum absolute atomic E-state index is 0.115. The summed E-state index contributed by atoms with van der Waals surface area (Å²) < 4.78 is 5.40. The highest BCUT2D eigenvalue weighted by molar-refractivity contribution is 6.01. The van der Waals surface area contributed by atoms with Gasteiger partial charge in [0.15, 0.2) is 0 Å². The third-order valence-corrected chi connectivity index (χ3v) is 5.93. The molecule has 1 amide bonds. The molecule has 1 saturated carbocycles. The number of nitrogens with zero attached hydrogens (tertiary/aromatic N) is 2. The van der Waals surface area contributed by atoms with Crippen molar-refractivity contribution in [1.82, 2.24) is 9.88 Å². The van der Waals surface area contributed by atoms with Crippen LogP contribution < -0.4 is 4.74 Å². The van der Waals surface area contributed by atoms with Gasteiger partial charge in [0.05, 0.1) is 7.11 Å². The number of benzene rings is 1. The number of aromatic nitrogens is 1. The zero-order chi connectivity index (χ0) is 18.3. The molecule has 0 bridgehead atoms. The molecule has 1 aromatic carbocycles. The SMILES string of the molecule is COc1cc(C(=O)N2CC3(CCC3)CCC2C(=O)O)cc2cccnc12. The highest BCUT2D eigenvalue weighted by Crippen LogP contribution is 2.49. The van der Waals surface area contributed by atoms with E-state index in [0.717, 1.165) is 31.1 Å². The van der Waals surface area contributed by atoms with Crippen molar-refractivity contribution in [3.63, 3.8) is 0 Å². The molecule has 1 aromatic heterocycles. The van der Waals surface area contributed by atoms with Crippen LogP contribution in [0.15, 0.2) is 30.5 Å². The molecule has 1 atom stereocenters. The first-order valence-electron chi connectivity index (χ1n) is 9.00. The van der Waals surface area contributed by atoms with Crippen molar-refractivity contribution in [2.75, 3.05) is 13.7 Å². The number of hydrogen-bond acceptors (Lipinski definition) is 4. The van der Waals surface area contributed by atoms with Crippen LogP contribution in [-0.2, 0) is 4.79 Å². The molecule has 0 radical (unpaired) electrons. The number of likely N-dealkylation sites (tertiary alicyclic amines) is 1. The number of fused-ring (bicyclic) bond motifs is 1. The quantitative estimate of drug-likeness (QED) is 0.916. The monoisotopic (exact) mass is 354 g/mol. The van der Waals surface area contributed by atoms with E-state index in [-0.39, 0.29) is 11.3 Å². The minimum atomic E-state index is -0.929. The van der Waals surface area contributed by atoms with Gasteiger partial charge in [-0.05, 0) is 49.3 Å². The zero-order valence-electron chi connectivity index (χ0n) is 14.8. The number of ether oxygens (including phenoxy) is 1. The predicted molar refractivity (Wildman–Crippen MR) is 96.3 cm³/mol. The number of carboxylic acid groups (broad SMARTS) is 1. The Bertz CT molecular complexity index is 875. The van der Waals surface area contributed by atoms with E-state index >= 15 is 0 Å². The lowest BCUT2D eigenvalue weighted by atomic mass is 9.63. The van der Waals surface area contributed by atoms with Crippen molar-refractivity contribution in [2.45, 2.75) is 38.1 Å². The summed E-state index contributed by atoms with van der Waals surface area (Å²) >= 11 is 0. The van der Waals surface area contributed by atoms with E-state index in [1.165, 1.54) is 0 Å². The zero-order valence-corrected chi connectivity index (χ0v) is 14.8. The van der Waals surface area contributed by atoms with E-state index in [0.29, 0.717) is 29.8 Å². The van der Waals surface area contributed by atoms with Crippen LogP contribution in [0.25, 0.3) is 10.9 Å². The van der Waals surface area contributed by atoms with Crippen LogP contribution in [0.4, 0.5) is 0 Å². The van der Waals surface area contributed by atoms with Crippen LogP contribution >= 0.6 is 0 Å². The van der Waals surface area contributed by atoms with Crippen molar-refractivity contribution in [1.29, 1.82) is 0 Å². The number of carboxylic acids is 1. The Kier molecular flexibility index (Phi) is 4.05. The van der Waals surface area contributed by atoms with Gasteiger partial charge in [-0.25, -0.2) is 4.79 Å². The summed E-state index contributed by atoms with van der Waals surface area (Å²) in [6, 6.07) is 6.36. The molecule has 1 aliphatic carbocycles. The molecule has 2 aromatic rings. The normalized spacial score (nSPS) is 21.4. The molecular formula is C20H22N2O4. The molecule has 2 fully saturated rings. The Morgan fingerprint density at radius 2 is 2.12 bits per heavy atom. The number of methoxy groups -OCH3 is 1. The maximum absolute atomic E-state index is 13.2. The van der Waals surface area contributed by atoms with E-state index in [9.17, 15) is 14.7 Å². The van der Waals surface area contributed by atoms with Crippen LogP contribution in [0, 0.1) is 5.41 Å². The lowest BCUT2D eigenvalue weighted by Gasteiger charge is -2.50.